The van der Waals surface area contributed by atoms with Crippen molar-refractivity contribution in [1.29, 1.82) is 0 Å². The molecule has 6 nitrogen and oxygen atoms in total. The zero-order valence-corrected chi connectivity index (χ0v) is 14.8. The van der Waals surface area contributed by atoms with E-state index in [1.165, 1.54) is 0 Å². The summed E-state index contributed by atoms with van der Waals surface area (Å²) in [6.45, 7) is 2.42. The lowest BCUT2D eigenvalue weighted by Crippen LogP contribution is -2.38. The van der Waals surface area contributed by atoms with Crippen molar-refractivity contribution in [1.82, 2.24) is 15.2 Å². The number of aromatic nitrogens is 1. The Labute approximate surface area is 148 Å². The number of carbonyl (C=O) groups is 1. The second-order valence-corrected chi connectivity index (χ2v) is 6.44. The van der Waals surface area contributed by atoms with Crippen molar-refractivity contribution in [3.05, 3.63) is 36.0 Å². The lowest BCUT2D eigenvalue weighted by Gasteiger charge is -2.19. The summed E-state index contributed by atoms with van der Waals surface area (Å²) in [5, 5.41) is 4.01. The van der Waals surface area contributed by atoms with E-state index in [0.29, 0.717) is 19.6 Å². The van der Waals surface area contributed by atoms with Crippen LogP contribution in [0.5, 0.6) is 5.75 Å². The molecule has 1 amide bonds. The minimum Gasteiger partial charge on any atom is -0.494 e. The van der Waals surface area contributed by atoms with Crippen molar-refractivity contribution in [3.8, 4) is 5.75 Å². The van der Waals surface area contributed by atoms with Gasteiger partial charge in [0.1, 0.15) is 11.3 Å². The van der Waals surface area contributed by atoms with E-state index in [4.69, 9.17) is 9.47 Å². The van der Waals surface area contributed by atoms with E-state index in [9.17, 15) is 4.79 Å². The zero-order chi connectivity index (χ0) is 17.6. The van der Waals surface area contributed by atoms with Gasteiger partial charge in [-0.1, -0.05) is 12.1 Å². The van der Waals surface area contributed by atoms with Gasteiger partial charge in [0.2, 0.25) is 5.91 Å². The van der Waals surface area contributed by atoms with E-state index in [1.54, 1.807) is 13.3 Å². The van der Waals surface area contributed by atoms with Gasteiger partial charge in [0.15, 0.2) is 0 Å². The molecule has 0 aliphatic carbocycles. The second-order valence-electron chi connectivity index (χ2n) is 6.44. The first-order valence-corrected chi connectivity index (χ1v) is 8.65. The summed E-state index contributed by atoms with van der Waals surface area (Å²) in [5.74, 6) is 0.783. The third kappa shape index (κ3) is 4.46. The summed E-state index contributed by atoms with van der Waals surface area (Å²) >= 11 is 0. The van der Waals surface area contributed by atoms with Crippen LogP contribution in [0.25, 0.3) is 10.9 Å². The van der Waals surface area contributed by atoms with Crippen molar-refractivity contribution in [2.24, 2.45) is 0 Å². The van der Waals surface area contributed by atoms with Crippen LogP contribution in [0.4, 0.5) is 0 Å². The topological polar surface area (TPSA) is 63.7 Å². The van der Waals surface area contributed by atoms with Crippen molar-refractivity contribution in [2.75, 3.05) is 33.9 Å². The summed E-state index contributed by atoms with van der Waals surface area (Å²) in [6.07, 6.45) is 4.04. The maximum Gasteiger partial charge on any atom is 0.234 e. The van der Waals surface area contributed by atoms with Crippen molar-refractivity contribution in [2.45, 2.75) is 25.5 Å². The number of nitrogens with zero attached hydrogens (tertiary/aromatic N) is 2. The Kier molecular flexibility index (Phi) is 5.83. The van der Waals surface area contributed by atoms with E-state index in [0.717, 1.165) is 41.7 Å². The lowest BCUT2D eigenvalue weighted by molar-refractivity contribution is -0.122. The molecule has 1 atom stereocenters. The Morgan fingerprint density at radius 1 is 1.44 bits per heavy atom. The number of pyridine rings is 1. The molecule has 3 rings (SSSR count). The summed E-state index contributed by atoms with van der Waals surface area (Å²) in [7, 11) is 3.59. The quantitative estimate of drug-likeness (QED) is 0.833. The molecule has 0 unspecified atom stereocenters. The molecule has 0 radical (unpaired) electrons. The van der Waals surface area contributed by atoms with Crippen LogP contribution in [0.15, 0.2) is 30.5 Å². The van der Waals surface area contributed by atoms with Crippen LogP contribution >= 0.6 is 0 Å². The molecule has 2 heterocycles. The smallest absolute Gasteiger partial charge is 0.234 e. The molecule has 1 N–H and O–H groups in total. The monoisotopic (exact) mass is 343 g/mol. The van der Waals surface area contributed by atoms with Crippen molar-refractivity contribution in [3.63, 3.8) is 0 Å². The fraction of sp³-hybridized carbons (Fsp3) is 0.474. The lowest BCUT2D eigenvalue weighted by atomic mass is 10.1. The highest BCUT2D eigenvalue weighted by Gasteiger charge is 2.17. The molecule has 0 spiro atoms. The van der Waals surface area contributed by atoms with Crippen LogP contribution < -0.4 is 10.1 Å². The Bertz CT molecular complexity index is 729. The number of ether oxygens (including phenoxy) is 2. The number of methoxy groups -OCH3 is 1. The molecule has 134 valence electrons. The number of hydrogen-bond donors (Lipinski definition) is 1. The SMILES string of the molecule is COc1ccc(CN(C)CC(=O)NC[C@@H]2CCCO2)c2cccnc12. The van der Waals surface area contributed by atoms with E-state index in [-0.39, 0.29) is 12.0 Å². The maximum absolute atomic E-state index is 12.1. The van der Waals surface area contributed by atoms with Crippen LogP contribution in [0.1, 0.15) is 18.4 Å². The van der Waals surface area contributed by atoms with Gasteiger partial charge in [-0.3, -0.25) is 14.7 Å². The number of nitrogens with one attached hydrogen (secondary N) is 1. The largest absolute Gasteiger partial charge is 0.494 e. The Balaban J connectivity index is 1.60. The molecule has 0 saturated carbocycles. The predicted molar refractivity (Wildman–Crippen MR) is 96.6 cm³/mol. The van der Waals surface area contributed by atoms with Gasteiger partial charge in [0.05, 0.1) is 19.8 Å². The van der Waals surface area contributed by atoms with Gasteiger partial charge in [0.25, 0.3) is 0 Å². The standard InChI is InChI=1S/C19H25N3O3/c1-22(13-18(23)21-11-15-5-4-10-25-15)12-14-7-8-17(24-2)19-16(14)6-3-9-20-19/h3,6-9,15H,4-5,10-13H2,1-2H3,(H,21,23)/t15-/m0/s1. The fourth-order valence-electron chi connectivity index (χ4n) is 3.19. The number of carbonyl (C=O) groups excluding carboxylic acids is 1. The molecular weight excluding hydrogens is 318 g/mol. The summed E-state index contributed by atoms with van der Waals surface area (Å²) in [5.41, 5.74) is 1.97. The highest BCUT2D eigenvalue weighted by molar-refractivity contribution is 5.87. The summed E-state index contributed by atoms with van der Waals surface area (Å²) < 4.78 is 10.9. The van der Waals surface area contributed by atoms with Crippen LogP contribution in [0.2, 0.25) is 0 Å². The molecule has 2 aromatic rings. The number of benzene rings is 1. The molecule has 25 heavy (non-hydrogen) atoms. The summed E-state index contributed by atoms with van der Waals surface area (Å²) in [6, 6.07) is 7.91. The summed E-state index contributed by atoms with van der Waals surface area (Å²) in [4.78, 5) is 18.5. The second kappa shape index (κ2) is 8.27. The van der Waals surface area contributed by atoms with E-state index < -0.39 is 0 Å². The molecule has 1 aromatic heterocycles. The van der Waals surface area contributed by atoms with E-state index >= 15 is 0 Å². The number of fused-ring (bicyclic) bond motifs is 1. The Morgan fingerprint density at radius 2 is 2.32 bits per heavy atom. The van der Waals surface area contributed by atoms with Gasteiger partial charge in [0, 0.05) is 31.3 Å². The molecule has 0 bridgehead atoms. The molecule has 1 aromatic carbocycles. The van der Waals surface area contributed by atoms with Gasteiger partial charge in [-0.05, 0) is 37.6 Å². The third-order valence-corrected chi connectivity index (χ3v) is 4.45. The highest BCUT2D eigenvalue weighted by Crippen LogP contribution is 2.27. The van der Waals surface area contributed by atoms with Gasteiger partial charge in [-0.15, -0.1) is 0 Å². The third-order valence-electron chi connectivity index (χ3n) is 4.45. The fourth-order valence-corrected chi connectivity index (χ4v) is 3.19. The van der Waals surface area contributed by atoms with Crippen molar-refractivity contribution < 1.29 is 14.3 Å². The van der Waals surface area contributed by atoms with Crippen LogP contribution in [0.3, 0.4) is 0 Å². The van der Waals surface area contributed by atoms with Crippen LogP contribution in [0, 0.1) is 0 Å². The average molecular weight is 343 g/mol. The van der Waals surface area contributed by atoms with Gasteiger partial charge in [-0.2, -0.15) is 0 Å². The van der Waals surface area contributed by atoms with Gasteiger partial charge in [-0.25, -0.2) is 0 Å². The highest BCUT2D eigenvalue weighted by atomic mass is 16.5. The van der Waals surface area contributed by atoms with E-state index in [1.807, 2.05) is 36.2 Å². The molecule has 1 saturated heterocycles. The Hall–Kier alpha value is -2.18. The van der Waals surface area contributed by atoms with E-state index in [2.05, 4.69) is 10.3 Å². The first kappa shape index (κ1) is 17.6. The zero-order valence-electron chi connectivity index (χ0n) is 14.8. The number of rotatable bonds is 7. The molecule has 1 aliphatic heterocycles. The normalized spacial score (nSPS) is 17.2. The molecule has 1 fully saturated rings. The Morgan fingerprint density at radius 3 is 3.08 bits per heavy atom. The average Bonchev–Trinajstić information content (AvgIpc) is 3.14. The molecular formula is C19H25N3O3. The molecule has 1 aliphatic rings. The van der Waals surface area contributed by atoms with Crippen LogP contribution in [-0.2, 0) is 16.1 Å². The first-order chi connectivity index (χ1) is 12.2. The molecule has 6 heteroatoms. The minimum atomic E-state index is 0.0222. The first-order valence-electron chi connectivity index (χ1n) is 8.65. The van der Waals surface area contributed by atoms with Crippen molar-refractivity contribution >= 4 is 16.8 Å². The van der Waals surface area contributed by atoms with Gasteiger partial charge >= 0.3 is 0 Å². The number of amides is 1. The van der Waals surface area contributed by atoms with Crippen LogP contribution in [-0.4, -0.2) is 55.7 Å². The number of hydrogen-bond acceptors (Lipinski definition) is 5. The maximum atomic E-state index is 12.1. The predicted octanol–water partition coefficient (Wildman–Crippen LogP) is 1.97. The minimum absolute atomic E-state index is 0.0222. The number of likely N-dealkylation sites (N-methyl/N-ethyl adjacent to an activating group) is 1. The van der Waals surface area contributed by atoms with Gasteiger partial charge < -0.3 is 14.8 Å².